The molecule has 0 bridgehead atoms. The van der Waals surface area contributed by atoms with E-state index < -0.39 is 0 Å². The van der Waals surface area contributed by atoms with Gasteiger partial charge in [0.05, 0.1) is 43.3 Å². The van der Waals surface area contributed by atoms with Crippen molar-refractivity contribution in [2.45, 2.75) is 22.0 Å². The first-order valence-electron chi connectivity index (χ1n) is 7.34. The van der Waals surface area contributed by atoms with Gasteiger partial charge in [-0.15, -0.1) is 23.1 Å². The van der Waals surface area contributed by atoms with Crippen molar-refractivity contribution in [3.63, 3.8) is 0 Å². The molecule has 1 aliphatic rings. The second-order valence-electron chi connectivity index (χ2n) is 4.88. The van der Waals surface area contributed by atoms with Crippen molar-refractivity contribution in [3.05, 3.63) is 17.0 Å². The molecule has 0 saturated carbocycles. The van der Waals surface area contributed by atoms with Crippen LogP contribution in [0.5, 0.6) is 0 Å². The zero-order valence-corrected chi connectivity index (χ0v) is 14.7. The third kappa shape index (κ3) is 5.81. The van der Waals surface area contributed by atoms with Crippen LogP contribution in [-0.4, -0.2) is 59.3 Å². The van der Waals surface area contributed by atoms with E-state index in [0.717, 1.165) is 13.0 Å². The molecule has 0 spiro atoms. The van der Waals surface area contributed by atoms with Crippen LogP contribution in [0.1, 0.15) is 18.1 Å². The lowest BCUT2D eigenvalue weighted by molar-refractivity contribution is -0.103. The van der Waals surface area contributed by atoms with Crippen molar-refractivity contribution in [3.8, 4) is 0 Å². The predicted octanol–water partition coefficient (Wildman–Crippen LogP) is 2.95. The highest BCUT2D eigenvalue weighted by Crippen LogP contribution is 2.45. The highest BCUT2D eigenvalue weighted by atomic mass is 32.2. The molecule has 0 N–H and O–H groups in total. The highest BCUT2D eigenvalue weighted by molar-refractivity contribution is 8.01. The number of methoxy groups -OCH3 is 2. The van der Waals surface area contributed by atoms with Gasteiger partial charge in [-0.25, -0.2) is 0 Å². The molecule has 0 aliphatic carbocycles. The van der Waals surface area contributed by atoms with Gasteiger partial charge in [0.25, 0.3) is 0 Å². The lowest BCUT2D eigenvalue weighted by atomic mass is 10.1. The van der Waals surface area contributed by atoms with Crippen LogP contribution >= 0.6 is 23.1 Å². The number of hydrogen-bond donors (Lipinski definition) is 0. The molecule has 2 atom stereocenters. The van der Waals surface area contributed by atoms with Crippen LogP contribution in [0.15, 0.2) is 15.7 Å². The van der Waals surface area contributed by atoms with Crippen LogP contribution in [0.25, 0.3) is 0 Å². The number of thioether (sulfide) groups is 1. The van der Waals surface area contributed by atoms with Crippen LogP contribution in [0.4, 0.5) is 0 Å². The molecule has 0 amide bonds. The summed E-state index contributed by atoms with van der Waals surface area (Å²) < 4.78 is 28.3. The van der Waals surface area contributed by atoms with E-state index in [2.05, 4.69) is 11.4 Å². The summed E-state index contributed by atoms with van der Waals surface area (Å²) in [7, 11) is 3.35. The van der Waals surface area contributed by atoms with Gasteiger partial charge < -0.3 is 23.7 Å². The molecule has 0 fully saturated rings. The normalized spacial score (nSPS) is 21.0. The Morgan fingerprint density at radius 1 is 1.09 bits per heavy atom. The van der Waals surface area contributed by atoms with Gasteiger partial charge in [-0.05, 0) is 17.9 Å². The van der Waals surface area contributed by atoms with Gasteiger partial charge in [0.15, 0.2) is 0 Å². The second kappa shape index (κ2) is 10.6. The highest BCUT2D eigenvalue weighted by Gasteiger charge is 2.29. The first kappa shape index (κ1) is 18.2. The van der Waals surface area contributed by atoms with Crippen molar-refractivity contribution >= 4 is 23.1 Å². The zero-order valence-electron chi connectivity index (χ0n) is 13.1. The van der Waals surface area contributed by atoms with E-state index in [4.69, 9.17) is 23.7 Å². The van der Waals surface area contributed by atoms with Crippen LogP contribution < -0.4 is 0 Å². The maximum absolute atomic E-state index is 5.91. The summed E-state index contributed by atoms with van der Waals surface area (Å²) in [6.45, 7) is 3.42. The number of thiophene rings is 1. The van der Waals surface area contributed by atoms with Gasteiger partial charge in [0.2, 0.25) is 0 Å². The molecule has 0 radical (unpaired) electrons. The third-order valence-corrected chi connectivity index (χ3v) is 5.69. The SMILES string of the molecule is COCCOCOC1CC(COCCOC)Sc2sccc21. The van der Waals surface area contributed by atoms with Crippen molar-refractivity contribution in [2.24, 2.45) is 0 Å². The molecule has 22 heavy (non-hydrogen) atoms. The van der Waals surface area contributed by atoms with Crippen LogP contribution in [-0.2, 0) is 23.7 Å². The number of hydrogen-bond acceptors (Lipinski definition) is 7. The summed E-state index contributed by atoms with van der Waals surface area (Å²) in [4.78, 5) is 0. The maximum Gasteiger partial charge on any atom is 0.147 e. The first-order valence-corrected chi connectivity index (χ1v) is 9.10. The van der Waals surface area contributed by atoms with Gasteiger partial charge >= 0.3 is 0 Å². The Kier molecular flexibility index (Phi) is 8.76. The molecule has 2 rings (SSSR count). The van der Waals surface area contributed by atoms with Crippen molar-refractivity contribution in [1.29, 1.82) is 0 Å². The molecular formula is C15H24O5S2. The topological polar surface area (TPSA) is 46.2 Å². The first-order chi connectivity index (χ1) is 10.8. The van der Waals surface area contributed by atoms with Gasteiger partial charge in [0.1, 0.15) is 6.79 Å². The Morgan fingerprint density at radius 2 is 1.86 bits per heavy atom. The number of rotatable bonds is 11. The Hall–Kier alpha value is -0.150. The standard InChI is InChI=1S/C15H24O5S2/c1-16-4-6-18-10-12-9-14(20-11-19-7-5-17-2)13-3-8-21-15(13)22-12/h3,8,12,14H,4-7,9-11H2,1-2H3. The fourth-order valence-electron chi connectivity index (χ4n) is 2.15. The van der Waals surface area contributed by atoms with E-state index in [1.807, 2.05) is 11.8 Å². The monoisotopic (exact) mass is 348 g/mol. The fourth-order valence-corrected chi connectivity index (χ4v) is 4.70. The zero-order chi connectivity index (χ0) is 15.6. The quantitative estimate of drug-likeness (QED) is 0.453. The summed E-state index contributed by atoms with van der Waals surface area (Å²) in [6, 6.07) is 2.15. The largest absolute Gasteiger partial charge is 0.382 e. The minimum absolute atomic E-state index is 0.0843. The summed E-state index contributed by atoms with van der Waals surface area (Å²) in [5.41, 5.74) is 1.28. The lowest BCUT2D eigenvalue weighted by Gasteiger charge is -2.28. The van der Waals surface area contributed by atoms with Crippen LogP contribution in [0.2, 0.25) is 0 Å². The van der Waals surface area contributed by atoms with Gasteiger partial charge in [-0.3, -0.25) is 0 Å². The minimum atomic E-state index is 0.0843. The summed E-state index contributed by atoms with van der Waals surface area (Å²) in [5.74, 6) is 0. The molecule has 1 aliphatic heterocycles. The van der Waals surface area contributed by atoms with Crippen LogP contribution in [0, 0.1) is 0 Å². The average molecular weight is 348 g/mol. The molecule has 0 saturated heterocycles. The van der Waals surface area contributed by atoms with E-state index in [1.54, 1.807) is 25.6 Å². The maximum atomic E-state index is 5.91. The Morgan fingerprint density at radius 3 is 2.64 bits per heavy atom. The minimum Gasteiger partial charge on any atom is -0.382 e. The van der Waals surface area contributed by atoms with Crippen molar-refractivity contribution < 1.29 is 23.7 Å². The molecule has 1 aromatic rings. The molecule has 0 aromatic carbocycles. The molecule has 1 aromatic heterocycles. The van der Waals surface area contributed by atoms with Gasteiger partial charge in [-0.1, -0.05) is 0 Å². The van der Waals surface area contributed by atoms with E-state index in [9.17, 15) is 0 Å². The molecular weight excluding hydrogens is 324 g/mol. The summed E-state index contributed by atoms with van der Waals surface area (Å²) >= 11 is 3.65. The van der Waals surface area contributed by atoms with E-state index in [0.29, 0.717) is 38.5 Å². The predicted molar refractivity (Wildman–Crippen MR) is 87.8 cm³/mol. The van der Waals surface area contributed by atoms with Crippen molar-refractivity contribution in [1.82, 2.24) is 0 Å². The summed E-state index contributed by atoms with van der Waals surface area (Å²) in [6.07, 6.45) is 1.02. The van der Waals surface area contributed by atoms with E-state index >= 15 is 0 Å². The van der Waals surface area contributed by atoms with Gasteiger partial charge in [0, 0.05) is 25.0 Å². The van der Waals surface area contributed by atoms with Gasteiger partial charge in [-0.2, -0.15) is 0 Å². The van der Waals surface area contributed by atoms with Crippen LogP contribution in [0.3, 0.4) is 0 Å². The summed E-state index contributed by atoms with van der Waals surface area (Å²) in [5, 5.41) is 2.53. The number of ether oxygens (including phenoxy) is 5. The number of fused-ring (bicyclic) bond motifs is 1. The molecule has 126 valence electrons. The second-order valence-corrected chi connectivity index (χ2v) is 7.37. The molecule has 7 heteroatoms. The van der Waals surface area contributed by atoms with E-state index in [-0.39, 0.29) is 6.10 Å². The fraction of sp³-hybridized carbons (Fsp3) is 0.733. The Balaban J connectivity index is 1.78. The molecule has 5 nitrogen and oxygen atoms in total. The lowest BCUT2D eigenvalue weighted by Crippen LogP contribution is -2.23. The smallest absolute Gasteiger partial charge is 0.147 e. The van der Waals surface area contributed by atoms with E-state index in [1.165, 1.54) is 9.77 Å². The molecule has 2 unspecified atom stereocenters. The Labute approximate surface area is 140 Å². The van der Waals surface area contributed by atoms with Crippen molar-refractivity contribution in [2.75, 3.05) is 54.0 Å². The third-order valence-electron chi connectivity index (χ3n) is 3.28. The molecule has 2 heterocycles. The average Bonchev–Trinajstić information content (AvgIpc) is 3.00. The Bertz CT molecular complexity index is 412.